The van der Waals surface area contributed by atoms with Gasteiger partial charge in [-0.25, -0.2) is 0 Å². The minimum atomic E-state index is -0.183. The number of ether oxygens (including phenoxy) is 1. The SMILES string of the molecule is NC[C@@H]1CCS[C@@H](c2ccc(Oc3ccccc3)cc2)C(=O)N1. The molecule has 0 unspecified atom stereocenters. The van der Waals surface area contributed by atoms with E-state index in [0.29, 0.717) is 6.54 Å². The molecule has 0 aliphatic carbocycles. The lowest BCUT2D eigenvalue weighted by Gasteiger charge is -2.16. The molecule has 1 aliphatic heterocycles. The highest BCUT2D eigenvalue weighted by Crippen LogP contribution is 2.33. The van der Waals surface area contributed by atoms with E-state index in [2.05, 4.69) is 5.32 Å². The van der Waals surface area contributed by atoms with Crippen LogP contribution in [0, 0.1) is 0 Å². The molecule has 1 heterocycles. The van der Waals surface area contributed by atoms with Gasteiger partial charge in [0, 0.05) is 12.6 Å². The molecule has 120 valence electrons. The predicted molar refractivity (Wildman–Crippen MR) is 93.8 cm³/mol. The molecule has 0 bridgehead atoms. The summed E-state index contributed by atoms with van der Waals surface area (Å²) < 4.78 is 5.78. The Balaban J connectivity index is 1.70. The van der Waals surface area contributed by atoms with E-state index in [-0.39, 0.29) is 17.2 Å². The molecule has 1 fully saturated rings. The van der Waals surface area contributed by atoms with Crippen LogP contribution in [0.2, 0.25) is 0 Å². The second-order valence-corrected chi connectivity index (χ2v) is 6.68. The van der Waals surface area contributed by atoms with E-state index in [1.165, 1.54) is 0 Å². The zero-order chi connectivity index (χ0) is 16.1. The number of nitrogens with one attached hydrogen (secondary N) is 1. The highest BCUT2D eigenvalue weighted by Gasteiger charge is 2.26. The summed E-state index contributed by atoms with van der Waals surface area (Å²) in [5.41, 5.74) is 6.66. The molecule has 0 spiro atoms. The smallest absolute Gasteiger partial charge is 0.237 e. The molecule has 1 aliphatic rings. The summed E-state index contributed by atoms with van der Waals surface area (Å²) in [7, 11) is 0. The molecule has 4 nitrogen and oxygen atoms in total. The minimum absolute atomic E-state index is 0.0414. The Morgan fingerprint density at radius 1 is 1.09 bits per heavy atom. The highest BCUT2D eigenvalue weighted by molar-refractivity contribution is 8.00. The van der Waals surface area contributed by atoms with E-state index in [9.17, 15) is 4.79 Å². The van der Waals surface area contributed by atoms with Crippen molar-refractivity contribution in [1.82, 2.24) is 5.32 Å². The molecule has 23 heavy (non-hydrogen) atoms. The molecule has 5 heteroatoms. The summed E-state index contributed by atoms with van der Waals surface area (Å²) in [5.74, 6) is 2.53. The van der Waals surface area contributed by atoms with Crippen LogP contribution in [0.15, 0.2) is 54.6 Å². The van der Waals surface area contributed by atoms with Crippen LogP contribution >= 0.6 is 11.8 Å². The fraction of sp³-hybridized carbons (Fsp3) is 0.278. The summed E-state index contributed by atoms with van der Waals surface area (Å²) in [5, 5.41) is 2.83. The number of nitrogens with two attached hydrogens (primary N) is 1. The van der Waals surface area contributed by atoms with E-state index < -0.39 is 0 Å². The van der Waals surface area contributed by atoms with Crippen LogP contribution in [-0.4, -0.2) is 24.2 Å². The maximum atomic E-state index is 12.3. The average Bonchev–Trinajstić information content (AvgIpc) is 2.78. The topological polar surface area (TPSA) is 64.3 Å². The molecule has 3 N–H and O–H groups in total. The van der Waals surface area contributed by atoms with Gasteiger partial charge in [-0.05, 0) is 42.0 Å². The van der Waals surface area contributed by atoms with Gasteiger partial charge in [0.2, 0.25) is 5.91 Å². The van der Waals surface area contributed by atoms with Crippen molar-refractivity contribution in [1.29, 1.82) is 0 Å². The van der Waals surface area contributed by atoms with Crippen molar-refractivity contribution in [2.45, 2.75) is 17.7 Å². The Labute approximate surface area is 140 Å². The van der Waals surface area contributed by atoms with Crippen molar-refractivity contribution in [2.24, 2.45) is 5.73 Å². The van der Waals surface area contributed by atoms with Crippen molar-refractivity contribution >= 4 is 17.7 Å². The lowest BCUT2D eigenvalue weighted by atomic mass is 10.1. The van der Waals surface area contributed by atoms with Crippen LogP contribution in [0.5, 0.6) is 11.5 Å². The number of rotatable bonds is 4. The number of hydrogen-bond donors (Lipinski definition) is 2. The average molecular weight is 328 g/mol. The van der Waals surface area contributed by atoms with E-state index in [1.54, 1.807) is 11.8 Å². The van der Waals surface area contributed by atoms with Crippen LogP contribution in [0.25, 0.3) is 0 Å². The summed E-state index contributed by atoms with van der Waals surface area (Å²) >= 11 is 1.67. The first kappa shape index (κ1) is 15.9. The first-order valence-electron chi connectivity index (χ1n) is 7.71. The van der Waals surface area contributed by atoms with Crippen molar-refractivity contribution in [3.05, 3.63) is 60.2 Å². The first-order valence-corrected chi connectivity index (χ1v) is 8.76. The summed E-state index contributed by atoms with van der Waals surface area (Å²) in [6.07, 6.45) is 0.915. The molecule has 1 saturated heterocycles. The van der Waals surface area contributed by atoms with Gasteiger partial charge in [-0.15, -0.1) is 11.8 Å². The highest BCUT2D eigenvalue weighted by atomic mass is 32.2. The van der Waals surface area contributed by atoms with E-state index in [1.807, 2.05) is 54.6 Å². The summed E-state index contributed by atoms with van der Waals surface area (Å²) in [4.78, 5) is 12.3. The van der Waals surface area contributed by atoms with Gasteiger partial charge in [-0.3, -0.25) is 4.79 Å². The third-order valence-corrected chi connectivity index (χ3v) is 5.07. The Morgan fingerprint density at radius 2 is 1.78 bits per heavy atom. The molecule has 0 saturated carbocycles. The normalized spacial score (nSPS) is 21.3. The van der Waals surface area contributed by atoms with Crippen LogP contribution in [0.1, 0.15) is 17.2 Å². The van der Waals surface area contributed by atoms with Gasteiger partial charge in [0.15, 0.2) is 0 Å². The molecular weight excluding hydrogens is 308 g/mol. The molecule has 0 radical (unpaired) electrons. The molecule has 0 aromatic heterocycles. The number of carbonyl (C=O) groups excluding carboxylic acids is 1. The molecule has 2 aromatic rings. The number of hydrogen-bond acceptors (Lipinski definition) is 4. The van der Waals surface area contributed by atoms with Crippen molar-refractivity contribution in [3.63, 3.8) is 0 Å². The monoisotopic (exact) mass is 328 g/mol. The van der Waals surface area contributed by atoms with Gasteiger partial charge in [0.1, 0.15) is 16.7 Å². The standard InChI is InChI=1S/C18H20N2O2S/c19-12-14-10-11-23-17(18(21)20-14)13-6-8-16(9-7-13)22-15-4-2-1-3-5-15/h1-9,14,17H,10-12,19H2,(H,20,21)/t14-,17-/m0/s1. The van der Waals surface area contributed by atoms with Gasteiger partial charge >= 0.3 is 0 Å². The van der Waals surface area contributed by atoms with Crippen LogP contribution < -0.4 is 15.8 Å². The minimum Gasteiger partial charge on any atom is -0.457 e. The third kappa shape index (κ3) is 4.06. The van der Waals surface area contributed by atoms with Crippen LogP contribution in [0.3, 0.4) is 0 Å². The lowest BCUT2D eigenvalue weighted by Crippen LogP contribution is -2.40. The summed E-state index contributed by atoms with van der Waals surface area (Å²) in [6, 6.07) is 17.5. The Morgan fingerprint density at radius 3 is 2.48 bits per heavy atom. The zero-order valence-electron chi connectivity index (χ0n) is 12.8. The zero-order valence-corrected chi connectivity index (χ0v) is 13.6. The number of amides is 1. The predicted octanol–water partition coefficient (Wildman–Crippen LogP) is 3.10. The number of thioether (sulfide) groups is 1. The van der Waals surface area contributed by atoms with Crippen molar-refractivity contribution in [2.75, 3.05) is 12.3 Å². The Hall–Kier alpha value is -1.98. The molecular formula is C18H20N2O2S. The number of para-hydroxylation sites is 1. The quantitative estimate of drug-likeness (QED) is 0.905. The maximum Gasteiger partial charge on any atom is 0.237 e. The second kappa shape index (κ2) is 7.53. The van der Waals surface area contributed by atoms with Gasteiger partial charge in [-0.1, -0.05) is 30.3 Å². The maximum absolute atomic E-state index is 12.3. The fourth-order valence-electron chi connectivity index (χ4n) is 2.51. The first-order chi connectivity index (χ1) is 11.3. The largest absolute Gasteiger partial charge is 0.457 e. The van der Waals surface area contributed by atoms with E-state index >= 15 is 0 Å². The second-order valence-electron chi connectivity index (χ2n) is 5.46. The summed E-state index contributed by atoms with van der Waals surface area (Å²) in [6.45, 7) is 0.489. The third-order valence-electron chi connectivity index (χ3n) is 3.78. The van der Waals surface area contributed by atoms with Gasteiger partial charge in [0.05, 0.1) is 0 Å². The van der Waals surface area contributed by atoms with Gasteiger partial charge < -0.3 is 15.8 Å². The van der Waals surface area contributed by atoms with Gasteiger partial charge in [-0.2, -0.15) is 0 Å². The van der Waals surface area contributed by atoms with Crippen molar-refractivity contribution < 1.29 is 9.53 Å². The number of benzene rings is 2. The number of carbonyl (C=O) groups is 1. The van der Waals surface area contributed by atoms with Crippen LogP contribution in [0.4, 0.5) is 0 Å². The Kier molecular flexibility index (Phi) is 5.20. The molecule has 2 atom stereocenters. The molecule has 1 amide bonds. The lowest BCUT2D eigenvalue weighted by molar-refractivity contribution is -0.121. The molecule has 2 aromatic carbocycles. The molecule has 3 rings (SSSR count). The van der Waals surface area contributed by atoms with Crippen molar-refractivity contribution in [3.8, 4) is 11.5 Å². The Bertz CT molecular complexity index is 646. The fourth-order valence-corrected chi connectivity index (χ4v) is 3.74. The van der Waals surface area contributed by atoms with E-state index in [0.717, 1.165) is 29.2 Å². The van der Waals surface area contributed by atoms with Crippen LogP contribution in [-0.2, 0) is 4.79 Å². The van der Waals surface area contributed by atoms with E-state index in [4.69, 9.17) is 10.5 Å². The van der Waals surface area contributed by atoms with Gasteiger partial charge in [0.25, 0.3) is 0 Å².